The first-order valence-electron chi connectivity index (χ1n) is 6.10. The van der Waals surface area contributed by atoms with Gasteiger partial charge < -0.3 is 9.47 Å². The highest BCUT2D eigenvalue weighted by Gasteiger charge is 2.57. The minimum absolute atomic E-state index is 0.0290. The van der Waals surface area contributed by atoms with Crippen LogP contribution in [-0.4, -0.2) is 29.4 Å². The van der Waals surface area contributed by atoms with Gasteiger partial charge >= 0.3 is 5.69 Å². The number of nitrogens with zero attached hydrogens (tertiary/aromatic N) is 1. The highest BCUT2D eigenvalue weighted by molar-refractivity contribution is 5.04. The van der Waals surface area contributed by atoms with Crippen molar-refractivity contribution in [3.8, 4) is 0 Å². The van der Waals surface area contributed by atoms with Crippen molar-refractivity contribution in [3.05, 3.63) is 33.1 Å². The van der Waals surface area contributed by atoms with Gasteiger partial charge in [0.1, 0.15) is 6.23 Å². The molecule has 1 spiro atoms. The highest BCUT2D eigenvalue weighted by Crippen LogP contribution is 2.62. The van der Waals surface area contributed by atoms with Crippen LogP contribution in [0.3, 0.4) is 0 Å². The number of ether oxygens (including phenoxy) is 2. The molecule has 98 valence electrons. The van der Waals surface area contributed by atoms with E-state index < -0.39 is 5.69 Å². The molecule has 0 bridgehead atoms. The quantitative estimate of drug-likeness (QED) is 0.837. The van der Waals surface area contributed by atoms with E-state index in [0.717, 1.165) is 19.3 Å². The Kier molecular flexibility index (Phi) is 2.64. The fraction of sp³-hybridized carbons (Fsp3) is 0.667. The van der Waals surface area contributed by atoms with E-state index in [1.807, 2.05) is 0 Å². The predicted molar refractivity (Wildman–Crippen MR) is 63.4 cm³/mol. The maximum atomic E-state index is 11.8. The molecular weight excluding hydrogens is 236 g/mol. The standard InChI is InChI=1S/C12H16N2O4/c1-17-7-8-6-12(3-4-12)10(18-8)14-5-2-9(15)13-11(14)16/h2,5,8,10H,3-4,6-7H2,1H3,(H,13,15,16). The Morgan fingerprint density at radius 3 is 2.94 bits per heavy atom. The molecule has 1 saturated carbocycles. The van der Waals surface area contributed by atoms with Gasteiger partial charge in [0, 0.05) is 24.8 Å². The predicted octanol–water partition coefficient (Wildman–Crippen LogP) is 0.251. The van der Waals surface area contributed by atoms with Crippen molar-refractivity contribution in [1.82, 2.24) is 9.55 Å². The maximum Gasteiger partial charge on any atom is 0.330 e. The zero-order valence-electron chi connectivity index (χ0n) is 10.2. The molecule has 6 nitrogen and oxygen atoms in total. The summed E-state index contributed by atoms with van der Waals surface area (Å²) in [5, 5.41) is 0. The van der Waals surface area contributed by atoms with Gasteiger partial charge in [0.25, 0.3) is 5.56 Å². The van der Waals surface area contributed by atoms with Crippen molar-refractivity contribution < 1.29 is 9.47 Å². The third kappa shape index (κ3) is 1.81. The second-order valence-electron chi connectivity index (χ2n) is 5.15. The van der Waals surface area contributed by atoms with Crippen LogP contribution in [0.25, 0.3) is 0 Å². The fourth-order valence-corrected chi connectivity index (χ4v) is 2.80. The number of hydrogen-bond donors (Lipinski definition) is 1. The Morgan fingerprint density at radius 2 is 2.33 bits per heavy atom. The lowest BCUT2D eigenvalue weighted by molar-refractivity contribution is -0.0461. The number of rotatable bonds is 3. The topological polar surface area (TPSA) is 73.3 Å². The van der Waals surface area contributed by atoms with Gasteiger partial charge in [0.05, 0.1) is 12.7 Å². The largest absolute Gasteiger partial charge is 0.382 e. The molecule has 3 rings (SSSR count). The third-order valence-electron chi connectivity index (χ3n) is 3.83. The Labute approximate surface area is 104 Å². The summed E-state index contributed by atoms with van der Waals surface area (Å²) < 4.78 is 12.5. The fourth-order valence-electron chi connectivity index (χ4n) is 2.80. The molecule has 2 heterocycles. The van der Waals surface area contributed by atoms with Crippen LogP contribution in [0.1, 0.15) is 25.5 Å². The summed E-state index contributed by atoms with van der Waals surface area (Å²) in [4.78, 5) is 25.1. The lowest BCUT2D eigenvalue weighted by Crippen LogP contribution is -2.34. The number of H-pyrrole nitrogens is 1. The molecule has 1 N–H and O–H groups in total. The monoisotopic (exact) mass is 252 g/mol. The van der Waals surface area contributed by atoms with Crippen LogP contribution in [0.4, 0.5) is 0 Å². The number of methoxy groups -OCH3 is 1. The number of nitrogens with one attached hydrogen (secondary N) is 1. The molecule has 2 aliphatic rings. The molecule has 1 aromatic rings. The Morgan fingerprint density at radius 1 is 1.56 bits per heavy atom. The van der Waals surface area contributed by atoms with E-state index in [0.29, 0.717) is 6.61 Å². The molecule has 1 aliphatic heterocycles. The van der Waals surface area contributed by atoms with Gasteiger partial charge in [-0.25, -0.2) is 4.79 Å². The van der Waals surface area contributed by atoms with E-state index in [1.54, 1.807) is 7.11 Å². The zero-order valence-corrected chi connectivity index (χ0v) is 10.2. The van der Waals surface area contributed by atoms with Crippen molar-refractivity contribution in [3.63, 3.8) is 0 Å². The Hall–Kier alpha value is -1.40. The molecule has 1 saturated heterocycles. The van der Waals surface area contributed by atoms with E-state index in [2.05, 4.69) is 4.98 Å². The van der Waals surface area contributed by atoms with E-state index in [1.165, 1.54) is 16.8 Å². The molecule has 1 aromatic heterocycles. The first-order valence-corrected chi connectivity index (χ1v) is 6.10. The summed E-state index contributed by atoms with van der Waals surface area (Å²) >= 11 is 0. The first kappa shape index (κ1) is 11.7. The number of aromatic nitrogens is 2. The summed E-state index contributed by atoms with van der Waals surface area (Å²) in [7, 11) is 1.64. The molecule has 1 aliphatic carbocycles. The van der Waals surface area contributed by atoms with Crippen LogP contribution in [0, 0.1) is 5.41 Å². The van der Waals surface area contributed by atoms with Crippen molar-refractivity contribution >= 4 is 0 Å². The van der Waals surface area contributed by atoms with Crippen LogP contribution < -0.4 is 11.2 Å². The summed E-state index contributed by atoms with van der Waals surface area (Å²) in [6.45, 7) is 0.538. The van der Waals surface area contributed by atoms with E-state index in [9.17, 15) is 9.59 Å². The molecule has 2 atom stereocenters. The van der Waals surface area contributed by atoms with Gasteiger partial charge in [-0.3, -0.25) is 14.3 Å². The lowest BCUT2D eigenvalue weighted by atomic mass is 10.0. The summed E-state index contributed by atoms with van der Waals surface area (Å²) in [6.07, 6.45) is 4.30. The molecule has 0 radical (unpaired) electrons. The van der Waals surface area contributed by atoms with Crippen molar-refractivity contribution in [1.29, 1.82) is 0 Å². The summed E-state index contributed by atoms with van der Waals surface area (Å²) in [6, 6.07) is 1.35. The van der Waals surface area contributed by atoms with Crippen LogP contribution in [0.2, 0.25) is 0 Å². The SMILES string of the molecule is COCC1CC2(CC2)C(n2ccc(=O)[nH]c2=O)O1. The number of aromatic amines is 1. The van der Waals surface area contributed by atoms with E-state index in [-0.39, 0.29) is 23.3 Å². The van der Waals surface area contributed by atoms with E-state index >= 15 is 0 Å². The molecule has 6 heteroatoms. The molecule has 0 amide bonds. The van der Waals surface area contributed by atoms with Gasteiger partial charge in [0.15, 0.2) is 0 Å². The number of hydrogen-bond acceptors (Lipinski definition) is 4. The Bertz CT molecular complexity index is 558. The van der Waals surface area contributed by atoms with Crippen molar-refractivity contribution in [2.24, 2.45) is 5.41 Å². The zero-order chi connectivity index (χ0) is 12.8. The van der Waals surface area contributed by atoms with Crippen LogP contribution in [0.15, 0.2) is 21.9 Å². The van der Waals surface area contributed by atoms with Gasteiger partial charge in [-0.2, -0.15) is 0 Å². The third-order valence-corrected chi connectivity index (χ3v) is 3.83. The summed E-state index contributed by atoms with van der Waals surface area (Å²) in [5.74, 6) is 0. The minimum atomic E-state index is -0.406. The first-order chi connectivity index (χ1) is 8.64. The summed E-state index contributed by atoms with van der Waals surface area (Å²) in [5.41, 5.74) is -0.727. The second-order valence-corrected chi connectivity index (χ2v) is 5.15. The van der Waals surface area contributed by atoms with Crippen LogP contribution >= 0.6 is 0 Å². The maximum absolute atomic E-state index is 11.8. The highest BCUT2D eigenvalue weighted by atomic mass is 16.5. The molecule has 2 unspecified atom stereocenters. The average Bonchev–Trinajstić information content (AvgIpc) is 2.98. The van der Waals surface area contributed by atoms with E-state index in [4.69, 9.17) is 9.47 Å². The Balaban J connectivity index is 1.92. The van der Waals surface area contributed by atoms with Gasteiger partial charge in [-0.05, 0) is 19.3 Å². The van der Waals surface area contributed by atoms with Crippen LogP contribution in [-0.2, 0) is 9.47 Å². The lowest BCUT2D eigenvalue weighted by Gasteiger charge is -2.19. The molecular formula is C12H16N2O4. The minimum Gasteiger partial charge on any atom is -0.382 e. The average molecular weight is 252 g/mol. The van der Waals surface area contributed by atoms with Gasteiger partial charge in [-0.15, -0.1) is 0 Å². The normalized spacial score (nSPS) is 28.7. The molecule has 2 fully saturated rings. The van der Waals surface area contributed by atoms with Gasteiger partial charge in [0.2, 0.25) is 0 Å². The van der Waals surface area contributed by atoms with Crippen LogP contribution in [0.5, 0.6) is 0 Å². The second kappa shape index (κ2) is 4.07. The van der Waals surface area contributed by atoms with Gasteiger partial charge in [-0.1, -0.05) is 0 Å². The molecule has 18 heavy (non-hydrogen) atoms. The van der Waals surface area contributed by atoms with Crippen molar-refractivity contribution in [2.45, 2.75) is 31.6 Å². The molecule has 0 aromatic carbocycles. The smallest absolute Gasteiger partial charge is 0.330 e. The van der Waals surface area contributed by atoms with Crippen molar-refractivity contribution in [2.75, 3.05) is 13.7 Å².